The molecule has 0 aliphatic rings. The van der Waals surface area contributed by atoms with Gasteiger partial charge >= 0.3 is 11.9 Å². The molecule has 0 radical (unpaired) electrons. The van der Waals surface area contributed by atoms with Crippen LogP contribution in [-0.2, 0) is 22.7 Å². The summed E-state index contributed by atoms with van der Waals surface area (Å²) in [4.78, 5) is 18.2. The van der Waals surface area contributed by atoms with Gasteiger partial charge in [0, 0.05) is 6.54 Å². The lowest BCUT2D eigenvalue weighted by molar-refractivity contribution is -0.159. The van der Waals surface area contributed by atoms with Gasteiger partial charge in [-0.15, -0.1) is 0 Å². The third-order valence-corrected chi connectivity index (χ3v) is 3.27. The molecule has 0 amide bonds. The number of carbonyl (C=O) groups is 2. The molecule has 1 aromatic heterocycles. The summed E-state index contributed by atoms with van der Waals surface area (Å²) in [5.74, 6) is -2.75. The topological polar surface area (TPSA) is 99.8 Å². The van der Waals surface area contributed by atoms with Crippen molar-refractivity contribution < 1.29 is 24.2 Å². The highest BCUT2D eigenvalue weighted by atomic mass is 35.5. The van der Waals surface area contributed by atoms with Gasteiger partial charge in [0.2, 0.25) is 0 Å². The summed E-state index contributed by atoms with van der Waals surface area (Å²) < 4.78 is 5.20. The first-order chi connectivity index (χ1) is 10.4. The second kappa shape index (κ2) is 9.09. The Morgan fingerprint density at radius 1 is 1.05 bits per heavy atom. The fourth-order valence-electron chi connectivity index (χ4n) is 1.42. The Labute approximate surface area is 136 Å². The van der Waals surface area contributed by atoms with Crippen molar-refractivity contribution in [3.63, 3.8) is 0 Å². The number of carboxylic acids is 2. The fourth-order valence-corrected chi connectivity index (χ4v) is 1.81. The third kappa shape index (κ3) is 6.17. The molecule has 0 aliphatic carbocycles. The molecule has 118 valence electrons. The molecule has 1 heterocycles. The van der Waals surface area contributed by atoms with Gasteiger partial charge < -0.3 is 19.9 Å². The van der Waals surface area contributed by atoms with Crippen molar-refractivity contribution in [3.8, 4) is 0 Å². The number of rotatable bonds is 4. The molecule has 3 N–H and O–H groups in total. The summed E-state index contributed by atoms with van der Waals surface area (Å²) in [5, 5.41) is 19.2. The average Bonchev–Trinajstić information content (AvgIpc) is 2.97. The number of benzene rings is 1. The number of aliphatic carboxylic acids is 2. The van der Waals surface area contributed by atoms with Crippen molar-refractivity contribution in [1.82, 2.24) is 5.32 Å². The molecule has 2 aromatic rings. The van der Waals surface area contributed by atoms with Crippen LogP contribution in [0, 0.1) is 0 Å². The summed E-state index contributed by atoms with van der Waals surface area (Å²) in [7, 11) is 0. The van der Waals surface area contributed by atoms with Crippen LogP contribution in [0.5, 0.6) is 0 Å². The number of nitrogens with one attached hydrogen (secondary N) is 1. The highest BCUT2D eigenvalue weighted by Gasteiger charge is 2.04. The molecule has 0 fully saturated rings. The molecule has 0 saturated heterocycles. The van der Waals surface area contributed by atoms with E-state index in [0.717, 1.165) is 11.3 Å². The fraction of sp³-hybridized carbons (Fsp3) is 0.143. The molecule has 2 rings (SSSR count). The second-order valence-corrected chi connectivity index (χ2v) is 4.79. The van der Waals surface area contributed by atoms with Crippen molar-refractivity contribution in [2.24, 2.45) is 0 Å². The smallest absolute Gasteiger partial charge is 0.414 e. The van der Waals surface area contributed by atoms with Gasteiger partial charge in [0.05, 0.1) is 22.9 Å². The SMILES string of the molecule is Clc1cccc(CNCc2ccco2)c1Cl.O=C(O)C(=O)O. The Balaban J connectivity index is 0.000000346. The number of hydrogen-bond donors (Lipinski definition) is 3. The van der Waals surface area contributed by atoms with Gasteiger partial charge in [-0.2, -0.15) is 0 Å². The second-order valence-electron chi connectivity index (χ2n) is 4.01. The quantitative estimate of drug-likeness (QED) is 0.736. The Hall–Kier alpha value is -2.02. The van der Waals surface area contributed by atoms with E-state index in [1.54, 1.807) is 12.3 Å². The maximum absolute atomic E-state index is 9.10. The van der Waals surface area contributed by atoms with Gasteiger partial charge in [-0.1, -0.05) is 35.3 Å². The van der Waals surface area contributed by atoms with Crippen molar-refractivity contribution in [2.75, 3.05) is 0 Å². The molecule has 0 aliphatic heterocycles. The zero-order valence-electron chi connectivity index (χ0n) is 11.3. The standard InChI is InChI=1S/C12H11Cl2NO.C2H2O4/c13-11-5-1-3-9(12(11)14)7-15-8-10-4-2-6-16-10;3-1(4)2(5)6/h1-6,15H,7-8H2;(H,3,4)(H,5,6). The van der Waals surface area contributed by atoms with Crippen LogP contribution in [0.2, 0.25) is 10.0 Å². The first kappa shape index (κ1) is 18.0. The molecule has 0 bridgehead atoms. The zero-order valence-corrected chi connectivity index (χ0v) is 12.8. The minimum Gasteiger partial charge on any atom is -0.473 e. The lowest BCUT2D eigenvalue weighted by atomic mass is 10.2. The largest absolute Gasteiger partial charge is 0.473 e. The van der Waals surface area contributed by atoms with E-state index in [0.29, 0.717) is 23.1 Å². The van der Waals surface area contributed by atoms with Crippen LogP contribution < -0.4 is 5.32 Å². The molecule has 6 nitrogen and oxygen atoms in total. The lowest BCUT2D eigenvalue weighted by Gasteiger charge is -2.06. The normalized spacial score (nSPS) is 9.73. The van der Waals surface area contributed by atoms with E-state index in [1.165, 1.54) is 0 Å². The van der Waals surface area contributed by atoms with Gasteiger partial charge in [0.1, 0.15) is 5.76 Å². The maximum atomic E-state index is 9.10. The minimum atomic E-state index is -1.82. The van der Waals surface area contributed by atoms with E-state index in [2.05, 4.69) is 5.32 Å². The van der Waals surface area contributed by atoms with Gasteiger partial charge in [0.25, 0.3) is 0 Å². The third-order valence-electron chi connectivity index (χ3n) is 2.41. The molecule has 0 saturated carbocycles. The van der Waals surface area contributed by atoms with Crippen molar-refractivity contribution in [3.05, 3.63) is 58.0 Å². The molecule has 1 aromatic carbocycles. The number of carboxylic acid groups (broad SMARTS) is 2. The monoisotopic (exact) mass is 345 g/mol. The van der Waals surface area contributed by atoms with Gasteiger partial charge in [-0.25, -0.2) is 9.59 Å². The first-order valence-corrected chi connectivity index (χ1v) is 6.79. The van der Waals surface area contributed by atoms with Gasteiger partial charge in [-0.05, 0) is 23.8 Å². The van der Waals surface area contributed by atoms with Crippen molar-refractivity contribution in [2.45, 2.75) is 13.1 Å². The molecular formula is C14H13Cl2NO5. The van der Waals surface area contributed by atoms with E-state index >= 15 is 0 Å². The summed E-state index contributed by atoms with van der Waals surface area (Å²) >= 11 is 12.0. The van der Waals surface area contributed by atoms with Crippen LogP contribution in [0.15, 0.2) is 41.0 Å². The summed E-state index contributed by atoms with van der Waals surface area (Å²) in [6, 6.07) is 9.40. The molecule has 0 atom stereocenters. The molecule has 0 unspecified atom stereocenters. The Morgan fingerprint density at radius 3 is 2.27 bits per heavy atom. The summed E-state index contributed by atoms with van der Waals surface area (Å²) in [6.45, 7) is 1.34. The van der Waals surface area contributed by atoms with Gasteiger partial charge in [-0.3, -0.25) is 0 Å². The molecule has 0 spiro atoms. The van der Waals surface area contributed by atoms with Crippen molar-refractivity contribution >= 4 is 35.1 Å². The number of furan rings is 1. The number of halogens is 2. The van der Waals surface area contributed by atoms with E-state index in [-0.39, 0.29) is 0 Å². The maximum Gasteiger partial charge on any atom is 0.414 e. The summed E-state index contributed by atoms with van der Waals surface area (Å²) in [5.41, 5.74) is 0.987. The zero-order chi connectivity index (χ0) is 16.5. The predicted octanol–water partition coefficient (Wildman–Crippen LogP) is 3.03. The molecular weight excluding hydrogens is 333 g/mol. The van der Waals surface area contributed by atoms with E-state index in [1.807, 2.05) is 24.3 Å². The Bertz CT molecular complexity index is 616. The minimum absolute atomic E-state index is 0.582. The highest BCUT2D eigenvalue weighted by Crippen LogP contribution is 2.25. The van der Waals surface area contributed by atoms with Gasteiger partial charge in [0.15, 0.2) is 0 Å². The van der Waals surface area contributed by atoms with E-state index < -0.39 is 11.9 Å². The average molecular weight is 346 g/mol. The van der Waals surface area contributed by atoms with Crippen LogP contribution in [0.25, 0.3) is 0 Å². The highest BCUT2D eigenvalue weighted by molar-refractivity contribution is 6.42. The van der Waals surface area contributed by atoms with E-state index in [9.17, 15) is 0 Å². The first-order valence-electron chi connectivity index (χ1n) is 6.04. The Kier molecular flexibility index (Phi) is 7.45. The summed E-state index contributed by atoms with van der Waals surface area (Å²) in [6.07, 6.45) is 1.66. The molecule has 8 heteroatoms. The predicted molar refractivity (Wildman–Crippen MR) is 81.0 cm³/mol. The Morgan fingerprint density at radius 2 is 1.73 bits per heavy atom. The molecule has 22 heavy (non-hydrogen) atoms. The number of hydrogen-bond acceptors (Lipinski definition) is 4. The van der Waals surface area contributed by atoms with Crippen molar-refractivity contribution in [1.29, 1.82) is 0 Å². The van der Waals surface area contributed by atoms with Crippen LogP contribution in [0.1, 0.15) is 11.3 Å². The van der Waals surface area contributed by atoms with Crippen LogP contribution >= 0.6 is 23.2 Å². The van der Waals surface area contributed by atoms with Crippen LogP contribution in [0.4, 0.5) is 0 Å². The lowest BCUT2D eigenvalue weighted by Crippen LogP contribution is -2.12. The van der Waals surface area contributed by atoms with Crippen LogP contribution in [0.3, 0.4) is 0 Å². The van der Waals surface area contributed by atoms with Crippen LogP contribution in [-0.4, -0.2) is 22.2 Å². The van der Waals surface area contributed by atoms with E-state index in [4.69, 9.17) is 47.4 Å².